The van der Waals surface area contributed by atoms with Gasteiger partial charge in [0.1, 0.15) is 5.82 Å². The molecule has 0 spiro atoms. The number of benzene rings is 1. The second-order valence-corrected chi connectivity index (χ2v) is 9.27. The number of pyridine rings is 1. The fourth-order valence-electron chi connectivity index (χ4n) is 2.95. The molecule has 0 radical (unpaired) electrons. The highest BCUT2D eigenvalue weighted by Crippen LogP contribution is 2.43. The van der Waals surface area contributed by atoms with Crippen LogP contribution in [0.25, 0.3) is 10.9 Å². The number of fused-ring (bicyclic) bond motifs is 1. The van der Waals surface area contributed by atoms with Gasteiger partial charge in [-0.1, -0.05) is 26.1 Å². The summed E-state index contributed by atoms with van der Waals surface area (Å²) in [7, 11) is -0.289. The molecule has 0 saturated carbocycles. The van der Waals surface area contributed by atoms with Crippen LogP contribution in [0.15, 0.2) is 47.1 Å². The summed E-state index contributed by atoms with van der Waals surface area (Å²) >= 11 is 9.45. The van der Waals surface area contributed by atoms with Crippen LogP contribution in [0.2, 0.25) is 5.28 Å². The Morgan fingerprint density at radius 3 is 2.72 bits per heavy atom. The Morgan fingerprint density at radius 1 is 1.12 bits per heavy atom. The fraction of sp³-hybridized carbons (Fsp3) is 0.167. The van der Waals surface area contributed by atoms with E-state index in [0.29, 0.717) is 5.82 Å². The molecule has 0 aliphatic carbocycles. The number of aromatic nitrogens is 3. The monoisotopic (exact) mass is 432 g/mol. The van der Waals surface area contributed by atoms with Crippen molar-refractivity contribution in [2.45, 2.75) is 6.92 Å². The van der Waals surface area contributed by atoms with Crippen LogP contribution in [0.1, 0.15) is 5.69 Å². The molecule has 4 nitrogen and oxygen atoms in total. The van der Waals surface area contributed by atoms with Crippen LogP contribution < -0.4 is 10.6 Å². The number of allylic oxidation sites excluding steroid dienone is 2. The minimum Gasteiger partial charge on any atom is -0.339 e. The molecule has 1 N–H and O–H groups in total. The van der Waals surface area contributed by atoms with Gasteiger partial charge >= 0.3 is 0 Å². The Morgan fingerprint density at radius 2 is 1.92 bits per heavy atom. The van der Waals surface area contributed by atoms with Crippen LogP contribution in [-0.4, -0.2) is 27.3 Å². The van der Waals surface area contributed by atoms with Gasteiger partial charge in [-0.2, -0.15) is 4.98 Å². The van der Waals surface area contributed by atoms with E-state index < -0.39 is 0 Å². The summed E-state index contributed by atoms with van der Waals surface area (Å²) in [6.07, 6.45) is 8.40. The van der Waals surface area contributed by atoms with E-state index >= 15 is 0 Å². The van der Waals surface area contributed by atoms with Gasteiger partial charge < -0.3 is 5.32 Å². The first kappa shape index (κ1) is 16.9. The molecule has 3 heterocycles. The van der Waals surface area contributed by atoms with Crippen molar-refractivity contribution in [3.63, 3.8) is 0 Å². The van der Waals surface area contributed by atoms with E-state index in [9.17, 15) is 0 Å². The highest BCUT2D eigenvalue weighted by molar-refractivity contribution is 9.10. The van der Waals surface area contributed by atoms with Crippen molar-refractivity contribution in [2.75, 3.05) is 17.6 Å². The van der Waals surface area contributed by atoms with Gasteiger partial charge in [0.15, 0.2) is 0 Å². The molecule has 126 valence electrons. The highest BCUT2D eigenvalue weighted by Gasteiger charge is 2.20. The van der Waals surface area contributed by atoms with Crippen LogP contribution in [0.5, 0.6) is 0 Å². The molecule has 0 amide bonds. The predicted octanol–water partition coefficient (Wildman–Crippen LogP) is 5.17. The average Bonchev–Trinajstić information content (AvgIpc) is 3.12. The first-order valence-electron chi connectivity index (χ1n) is 7.87. The number of halogens is 2. The maximum Gasteiger partial charge on any atom is 0.224 e. The van der Waals surface area contributed by atoms with Crippen molar-refractivity contribution in [1.29, 1.82) is 0 Å². The Balaban J connectivity index is 1.86. The third-order valence-corrected chi connectivity index (χ3v) is 7.26. The zero-order valence-electron chi connectivity index (χ0n) is 13.5. The molecule has 4 rings (SSSR count). The smallest absolute Gasteiger partial charge is 0.224 e. The Kier molecular flexibility index (Phi) is 4.72. The average molecular weight is 434 g/mol. The SMILES string of the molecule is Cc1ccc2c(P3CC=CC3)c(Nc3nc(Cl)ncc3Br)ccc2n1. The van der Waals surface area contributed by atoms with Crippen molar-refractivity contribution in [3.8, 4) is 0 Å². The van der Waals surface area contributed by atoms with Crippen molar-refractivity contribution in [2.24, 2.45) is 0 Å². The second-order valence-electron chi connectivity index (χ2n) is 5.82. The summed E-state index contributed by atoms with van der Waals surface area (Å²) in [6.45, 7) is 2.02. The highest BCUT2D eigenvalue weighted by atomic mass is 79.9. The molecular formula is C18H15BrClN4P. The number of hydrogen-bond acceptors (Lipinski definition) is 4. The van der Waals surface area contributed by atoms with Gasteiger partial charge in [0, 0.05) is 28.3 Å². The molecular weight excluding hydrogens is 419 g/mol. The molecule has 0 fully saturated rings. The summed E-state index contributed by atoms with van der Waals surface area (Å²) in [5, 5.41) is 6.21. The lowest BCUT2D eigenvalue weighted by Gasteiger charge is -2.20. The fourth-order valence-corrected chi connectivity index (χ4v) is 5.70. The van der Waals surface area contributed by atoms with Crippen LogP contribution in [0.3, 0.4) is 0 Å². The minimum absolute atomic E-state index is 0.221. The third kappa shape index (κ3) is 3.41. The Labute approximate surface area is 160 Å². The lowest BCUT2D eigenvalue weighted by Crippen LogP contribution is -2.12. The predicted molar refractivity (Wildman–Crippen MR) is 110 cm³/mol. The maximum absolute atomic E-state index is 5.96. The molecule has 3 aromatic rings. The van der Waals surface area contributed by atoms with Gasteiger partial charge in [-0.25, -0.2) is 4.98 Å². The molecule has 25 heavy (non-hydrogen) atoms. The topological polar surface area (TPSA) is 50.7 Å². The van der Waals surface area contributed by atoms with E-state index in [-0.39, 0.29) is 13.2 Å². The first-order chi connectivity index (χ1) is 12.1. The molecule has 1 aromatic carbocycles. The number of anilines is 2. The van der Waals surface area contributed by atoms with E-state index in [2.05, 4.69) is 67.6 Å². The van der Waals surface area contributed by atoms with Gasteiger partial charge in [-0.05, 0) is 65.0 Å². The second kappa shape index (κ2) is 6.99. The number of aryl methyl sites for hydroxylation is 1. The minimum atomic E-state index is -0.289. The lowest BCUT2D eigenvalue weighted by molar-refractivity contribution is 1.15. The standard InChI is InChI=1S/C18H15BrClN4P/c1-11-4-5-12-14(22-11)6-7-15(16(12)25-8-2-3-9-25)23-17-13(19)10-21-18(20)24-17/h2-7,10H,8-9H2,1H3,(H,21,23,24). The number of nitrogens with one attached hydrogen (secondary N) is 1. The van der Waals surface area contributed by atoms with E-state index in [0.717, 1.165) is 33.7 Å². The van der Waals surface area contributed by atoms with Crippen molar-refractivity contribution in [3.05, 3.63) is 58.1 Å². The van der Waals surface area contributed by atoms with Crippen LogP contribution in [0, 0.1) is 6.92 Å². The normalized spacial score (nSPS) is 14.4. The van der Waals surface area contributed by atoms with Crippen molar-refractivity contribution in [1.82, 2.24) is 15.0 Å². The molecule has 0 unspecified atom stereocenters. The molecule has 1 aliphatic rings. The van der Waals surface area contributed by atoms with Gasteiger partial charge in [0.05, 0.1) is 9.99 Å². The first-order valence-corrected chi connectivity index (χ1v) is 10.8. The zero-order valence-corrected chi connectivity index (χ0v) is 16.7. The summed E-state index contributed by atoms with van der Waals surface area (Å²) in [4.78, 5) is 13.0. The Bertz CT molecular complexity index is 984. The molecule has 0 bridgehead atoms. The van der Waals surface area contributed by atoms with Gasteiger partial charge in [0.25, 0.3) is 0 Å². The van der Waals surface area contributed by atoms with Gasteiger partial charge in [-0.15, -0.1) is 0 Å². The van der Waals surface area contributed by atoms with E-state index in [1.807, 2.05) is 6.92 Å². The third-order valence-electron chi connectivity index (χ3n) is 4.08. The largest absolute Gasteiger partial charge is 0.339 e. The number of nitrogens with zero attached hydrogens (tertiary/aromatic N) is 3. The van der Waals surface area contributed by atoms with Gasteiger partial charge in [0.2, 0.25) is 5.28 Å². The van der Waals surface area contributed by atoms with Crippen LogP contribution in [-0.2, 0) is 0 Å². The van der Waals surface area contributed by atoms with Crippen LogP contribution in [0.4, 0.5) is 11.5 Å². The Hall–Kier alpha value is -1.55. The summed E-state index contributed by atoms with van der Waals surface area (Å²) in [5.74, 6) is 0.669. The van der Waals surface area contributed by atoms with E-state index in [4.69, 9.17) is 16.6 Å². The molecule has 2 aromatic heterocycles. The molecule has 7 heteroatoms. The summed E-state index contributed by atoms with van der Waals surface area (Å²) < 4.78 is 0.780. The molecule has 0 saturated heterocycles. The summed E-state index contributed by atoms with van der Waals surface area (Å²) in [6, 6.07) is 8.41. The van der Waals surface area contributed by atoms with Gasteiger partial charge in [-0.3, -0.25) is 4.98 Å². The number of hydrogen-bond donors (Lipinski definition) is 1. The van der Waals surface area contributed by atoms with Crippen molar-refractivity contribution >= 4 is 63.2 Å². The van der Waals surface area contributed by atoms with Crippen LogP contribution >= 0.6 is 35.5 Å². The quantitative estimate of drug-likeness (QED) is 0.352. The summed E-state index contributed by atoms with van der Waals surface area (Å²) in [5.41, 5.74) is 3.12. The molecule has 0 atom stereocenters. The van der Waals surface area contributed by atoms with Crippen molar-refractivity contribution < 1.29 is 0 Å². The zero-order chi connectivity index (χ0) is 17.4. The van der Waals surface area contributed by atoms with E-state index in [1.165, 1.54) is 10.7 Å². The lowest BCUT2D eigenvalue weighted by atomic mass is 10.2. The number of rotatable bonds is 3. The van der Waals surface area contributed by atoms with E-state index in [1.54, 1.807) is 6.20 Å². The molecule has 1 aliphatic heterocycles. The maximum atomic E-state index is 5.96.